The van der Waals surface area contributed by atoms with E-state index in [1.165, 1.54) is 21.9 Å². The zero-order chi connectivity index (χ0) is 41.4. The van der Waals surface area contributed by atoms with Gasteiger partial charge in [-0.3, -0.25) is 0 Å². The molecule has 5 heteroatoms. The molecule has 0 saturated carbocycles. The highest BCUT2D eigenvalue weighted by Gasteiger charge is 2.21. The van der Waals surface area contributed by atoms with Crippen molar-refractivity contribution >= 4 is 21.8 Å². The first-order valence-electron chi connectivity index (χ1n) is 20.9. The Labute approximate surface area is 360 Å². The maximum absolute atomic E-state index is 5.41. The summed E-state index contributed by atoms with van der Waals surface area (Å²) < 4.78 is 2.40. The molecular weight excluding hydrogens is 755 g/mol. The molecule has 11 rings (SSSR count). The average molecular weight is 794 g/mol. The van der Waals surface area contributed by atoms with Crippen molar-refractivity contribution in [2.75, 3.05) is 0 Å². The fourth-order valence-electron chi connectivity index (χ4n) is 8.38. The van der Waals surface area contributed by atoms with E-state index in [4.69, 9.17) is 19.9 Å². The van der Waals surface area contributed by atoms with Crippen LogP contribution < -0.4 is 0 Å². The number of rotatable bonds is 8. The molecule has 0 amide bonds. The molecule has 3 aromatic heterocycles. The quantitative estimate of drug-likeness (QED) is 0.154. The summed E-state index contributed by atoms with van der Waals surface area (Å²) in [7, 11) is 0. The first-order valence-corrected chi connectivity index (χ1v) is 20.9. The molecule has 0 aliphatic rings. The molecule has 0 radical (unpaired) electrons. The molecule has 11 aromatic rings. The SMILES string of the molecule is Cc1ccc(-c2ccc3c4ccccc4n(-c4ccc(-c5cc(-c6ccccc6)nc(-c6ccccc6)n5)cc4-c4cc(-c5ccccc5)nc(-c5ccccc5)n4)c3c2)cc1. The number of para-hydroxylation sites is 1. The minimum Gasteiger partial charge on any atom is -0.309 e. The van der Waals surface area contributed by atoms with Gasteiger partial charge in [0, 0.05) is 44.2 Å². The second kappa shape index (κ2) is 15.7. The van der Waals surface area contributed by atoms with E-state index in [1.54, 1.807) is 0 Å². The van der Waals surface area contributed by atoms with Gasteiger partial charge in [-0.2, -0.15) is 0 Å². The molecule has 8 aromatic carbocycles. The number of aromatic nitrogens is 5. The minimum absolute atomic E-state index is 0.655. The van der Waals surface area contributed by atoms with Crippen molar-refractivity contribution < 1.29 is 0 Å². The Kier molecular flexibility index (Phi) is 9.32. The number of aryl methyl sites for hydroxylation is 1. The van der Waals surface area contributed by atoms with Crippen LogP contribution in [-0.4, -0.2) is 24.5 Å². The normalized spacial score (nSPS) is 11.3. The van der Waals surface area contributed by atoms with Gasteiger partial charge in [-0.1, -0.05) is 188 Å². The molecule has 292 valence electrons. The van der Waals surface area contributed by atoms with Gasteiger partial charge >= 0.3 is 0 Å². The molecule has 0 saturated heterocycles. The van der Waals surface area contributed by atoms with Gasteiger partial charge in [0.15, 0.2) is 11.6 Å². The van der Waals surface area contributed by atoms with Crippen LogP contribution in [0.15, 0.2) is 218 Å². The molecule has 0 aliphatic carbocycles. The summed E-state index contributed by atoms with van der Waals surface area (Å²) in [4.78, 5) is 20.9. The maximum Gasteiger partial charge on any atom is 0.160 e. The van der Waals surface area contributed by atoms with Crippen LogP contribution in [0.5, 0.6) is 0 Å². The molecule has 0 spiro atoms. The van der Waals surface area contributed by atoms with E-state index in [0.717, 1.165) is 78.4 Å². The molecule has 0 bridgehead atoms. The molecule has 0 aliphatic heterocycles. The van der Waals surface area contributed by atoms with Crippen molar-refractivity contribution in [2.45, 2.75) is 6.92 Å². The molecule has 0 unspecified atom stereocenters. The predicted molar refractivity (Wildman–Crippen MR) is 255 cm³/mol. The lowest BCUT2D eigenvalue weighted by atomic mass is 9.99. The Hall–Kier alpha value is -8.28. The Morgan fingerprint density at radius 1 is 0.306 bits per heavy atom. The van der Waals surface area contributed by atoms with E-state index in [1.807, 2.05) is 60.7 Å². The highest BCUT2D eigenvalue weighted by atomic mass is 15.0. The highest BCUT2D eigenvalue weighted by Crippen LogP contribution is 2.41. The molecule has 0 fully saturated rings. The zero-order valence-electron chi connectivity index (χ0n) is 34.0. The van der Waals surface area contributed by atoms with Gasteiger partial charge in [0.05, 0.1) is 39.5 Å². The van der Waals surface area contributed by atoms with Gasteiger partial charge in [0.2, 0.25) is 0 Å². The van der Waals surface area contributed by atoms with E-state index in [9.17, 15) is 0 Å². The summed E-state index contributed by atoms with van der Waals surface area (Å²) in [5.41, 5.74) is 15.9. The van der Waals surface area contributed by atoms with E-state index in [2.05, 4.69) is 169 Å². The number of fused-ring (bicyclic) bond motifs is 3. The molecular formula is C57H39N5. The summed E-state index contributed by atoms with van der Waals surface area (Å²) in [6.07, 6.45) is 0. The summed E-state index contributed by atoms with van der Waals surface area (Å²) in [5.74, 6) is 1.32. The van der Waals surface area contributed by atoms with E-state index in [0.29, 0.717) is 11.6 Å². The van der Waals surface area contributed by atoms with Crippen molar-refractivity contribution in [3.63, 3.8) is 0 Å². The van der Waals surface area contributed by atoms with Crippen LogP contribution in [0.1, 0.15) is 5.56 Å². The van der Waals surface area contributed by atoms with Crippen LogP contribution in [0.25, 0.3) is 106 Å². The van der Waals surface area contributed by atoms with Crippen LogP contribution in [-0.2, 0) is 0 Å². The third kappa shape index (κ3) is 6.91. The van der Waals surface area contributed by atoms with Crippen LogP contribution >= 0.6 is 0 Å². The number of benzene rings is 8. The Balaban J connectivity index is 1.21. The Morgan fingerprint density at radius 3 is 1.35 bits per heavy atom. The van der Waals surface area contributed by atoms with Gasteiger partial charge in [0.1, 0.15) is 0 Å². The van der Waals surface area contributed by atoms with Crippen molar-refractivity contribution in [1.82, 2.24) is 24.5 Å². The van der Waals surface area contributed by atoms with Gasteiger partial charge in [0.25, 0.3) is 0 Å². The van der Waals surface area contributed by atoms with Crippen LogP contribution in [0.4, 0.5) is 0 Å². The van der Waals surface area contributed by atoms with Crippen LogP contribution in [0, 0.1) is 6.92 Å². The van der Waals surface area contributed by atoms with Gasteiger partial charge in [-0.15, -0.1) is 0 Å². The third-order valence-corrected chi connectivity index (χ3v) is 11.5. The maximum atomic E-state index is 5.41. The second-order valence-electron chi connectivity index (χ2n) is 15.6. The van der Waals surface area contributed by atoms with E-state index in [-0.39, 0.29) is 0 Å². The lowest BCUT2D eigenvalue weighted by Gasteiger charge is -2.17. The number of nitrogens with zero attached hydrogens (tertiary/aromatic N) is 5. The van der Waals surface area contributed by atoms with Crippen molar-refractivity contribution in [3.05, 3.63) is 224 Å². The van der Waals surface area contributed by atoms with Gasteiger partial charge < -0.3 is 4.57 Å². The summed E-state index contributed by atoms with van der Waals surface area (Å²) in [5, 5.41) is 2.36. The standard InChI is InChI=1S/C57H39N5/c1-38-26-28-39(29-27-38)44-30-32-47-46-24-14-15-25-53(46)62(55(47)35-44)54-33-31-45(51-36-49(40-16-6-2-7-17-40)58-56(60-51)42-20-10-4-11-21-42)34-48(54)52-37-50(41-18-8-3-9-19-41)59-57(61-52)43-22-12-5-13-23-43/h2-37H,1H3. The Bertz CT molecular complexity index is 3260. The van der Waals surface area contributed by atoms with Crippen LogP contribution in [0.3, 0.4) is 0 Å². The molecule has 0 N–H and O–H groups in total. The third-order valence-electron chi connectivity index (χ3n) is 11.5. The number of hydrogen-bond donors (Lipinski definition) is 0. The lowest BCUT2D eigenvalue weighted by Crippen LogP contribution is -2.02. The highest BCUT2D eigenvalue weighted by molar-refractivity contribution is 6.11. The monoisotopic (exact) mass is 793 g/mol. The van der Waals surface area contributed by atoms with E-state index < -0.39 is 0 Å². The first-order chi connectivity index (χ1) is 30.6. The van der Waals surface area contributed by atoms with Crippen molar-refractivity contribution in [2.24, 2.45) is 0 Å². The molecule has 62 heavy (non-hydrogen) atoms. The number of hydrogen-bond acceptors (Lipinski definition) is 4. The lowest BCUT2D eigenvalue weighted by molar-refractivity contribution is 1.15. The fraction of sp³-hybridized carbons (Fsp3) is 0.0175. The van der Waals surface area contributed by atoms with E-state index >= 15 is 0 Å². The Morgan fingerprint density at radius 2 is 0.758 bits per heavy atom. The molecule has 3 heterocycles. The second-order valence-corrected chi connectivity index (χ2v) is 15.6. The largest absolute Gasteiger partial charge is 0.309 e. The fourth-order valence-corrected chi connectivity index (χ4v) is 8.38. The predicted octanol–water partition coefficient (Wildman–Crippen LogP) is 14.3. The van der Waals surface area contributed by atoms with Crippen molar-refractivity contribution in [1.29, 1.82) is 0 Å². The topological polar surface area (TPSA) is 56.5 Å². The van der Waals surface area contributed by atoms with Gasteiger partial charge in [-0.05, 0) is 54.4 Å². The smallest absolute Gasteiger partial charge is 0.160 e. The minimum atomic E-state index is 0.655. The van der Waals surface area contributed by atoms with Crippen molar-refractivity contribution in [3.8, 4) is 84.6 Å². The average Bonchev–Trinajstić information content (AvgIpc) is 3.68. The molecule has 5 nitrogen and oxygen atoms in total. The first kappa shape index (κ1) is 36.8. The summed E-state index contributed by atoms with van der Waals surface area (Å²) in [6, 6.07) is 76.3. The summed E-state index contributed by atoms with van der Waals surface area (Å²) in [6.45, 7) is 2.13. The zero-order valence-corrected chi connectivity index (χ0v) is 34.0. The summed E-state index contributed by atoms with van der Waals surface area (Å²) >= 11 is 0. The molecule has 0 atom stereocenters. The van der Waals surface area contributed by atoms with Crippen LogP contribution in [0.2, 0.25) is 0 Å². The van der Waals surface area contributed by atoms with Gasteiger partial charge in [-0.25, -0.2) is 19.9 Å².